The number of hydrogen-bond acceptors (Lipinski definition) is 2. The summed E-state index contributed by atoms with van der Waals surface area (Å²) in [5.74, 6) is 0.922. The summed E-state index contributed by atoms with van der Waals surface area (Å²) in [5, 5.41) is 3.08. The highest BCUT2D eigenvalue weighted by Crippen LogP contribution is 2.23. The monoisotopic (exact) mass is 212 g/mol. The van der Waals surface area contributed by atoms with Crippen molar-refractivity contribution in [3.8, 4) is 0 Å². The molecule has 3 nitrogen and oxygen atoms in total. The first-order valence-corrected chi connectivity index (χ1v) is 5.95. The van der Waals surface area contributed by atoms with Gasteiger partial charge in [-0.25, -0.2) is 0 Å². The van der Waals surface area contributed by atoms with E-state index >= 15 is 0 Å². The van der Waals surface area contributed by atoms with Crippen LogP contribution in [-0.4, -0.2) is 17.5 Å². The number of rotatable bonds is 3. The molecule has 3 N–H and O–H groups in total. The molecule has 0 aromatic rings. The van der Waals surface area contributed by atoms with Gasteiger partial charge in [0.25, 0.3) is 0 Å². The largest absolute Gasteiger partial charge is 0.353 e. The fourth-order valence-electron chi connectivity index (χ4n) is 2.10. The van der Waals surface area contributed by atoms with Crippen molar-refractivity contribution in [3.63, 3.8) is 0 Å². The normalized spacial score (nSPS) is 27.5. The molecule has 0 bridgehead atoms. The van der Waals surface area contributed by atoms with Crippen LogP contribution in [0.3, 0.4) is 0 Å². The zero-order chi connectivity index (χ0) is 11.5. The van der Waals surface area contributed by atoms with Gasteiger partial charge < -0.3 is 11.1 Å². The second-order valence-corrected chi connectivity index (χ2v) is 5.69. The Labute approximate surface area is 92.8 Å². The lowest BCUT2D eigenvalue weighted by Gasteiger charge is -2.28. The summed E-state index contributed by atoms with van der Waals surface area (Å²) >= 11 is 0. The highest BCUT2D eigenvalue weighted by Gasteiger charge is 2.22. The van der Waals surface area contributed by atoms with Gasteiger partial charge in [-0.3, -0.25) is 4.79 Å². The molecule has 1 fully saturated rings. The number of nitrogens with two attached hydrogens (primary N) is 1. The van der Waals surface area contributed by atoms with Crippen molar-refractivity contribution < 1.29 is 4.79 Å². The summed E-state index contributed by atoms with van der Waals surface area (Å²) in [5.41, 5.74) is 5.41. The van der Waals surface area contributed by atoms with E-state index in [-0.39, 0.29) is 5.91 Å². The van der Waals surface area contributed by atoms with Crippen molar-refractivity contribution in [2.45, 2.75) is 64.5 Å². The third-order valence-electron chi connectivity index (χ3n) is 3.00. The van der Waals surface area contributed by atoms with Crippen molar-refractivity contribution in [1.82, 2.24) is 5.32 Å². The Balaban J connectivity index is 2.27. The highest BCUT2D eigenvalue weighted by molar-refractivity contribution is 5.77. The van der Waals surface area contributed by atoms with Gasteiger partial charge in [-0.05, 0) is 45.4 Å². The van der Waals surface area contributed by atoms with Gasteiger partial charge in [0.05, 0.1) is 0 Å². The number of carbonyl (C=O) groups is 1. The molecule has 0 aliphatic heterocycles. The molecule has 1 amide bonds. The standard InChI is InChI=1S/C12H24N2O/c1-9-4-6-10(7-5-9)14-11(15)8-12(2,3)13/h9-10H,4-8,13H2,1-3H3,(H,14,15). The van der Waals surface area contributed by atoms with E-state index < -0.39 is 5.54 Å². The minimum absolute atomic E-state index is 0.0991. The van der Waals surface area contributed by atoms with Crippen molar-refractivity contribution >= 4 is 5.91 Å². The topological polar surface area (TPSA) is 55.1 Å². The van der Waals surface area contributed by atoms with E-state index in [1.54, 1.807) is 0 Å². The average molecular weight is 212 g/mol. The number of nitrogens with one attached hydrogen (secondary N) is 1. The molecule has 0 atom stereocenters. The van der Waals surface area contributed by atoms with Gasteiger partial charge in [0.2, 0.25) is 5.91 Å². The molecular weight excluding hydrogens is 188 g/mol. The minimum Gasteiger partial charge on any atom is -0.353 e. The van der Waals surface area contributed by atoms with E-state index in [2.05, 4.69) is 12.2 Å². The van der Waals surface area contributed by atoms with Crippen LogP contribution in [0.15, 0.2) is 0 Å². The van der Waals surface area contributed by atoms with E-state index in [9.17, 15) is 4.79 Å². The van der Waals surface area contributed by atoms with Crippen molar-refractivity contribution in [1.29, 1.82) is 0 Å². The smallest absolute Gasteiger partial charge is 0.222 e. The fraction of sp³-hybridized carbons (Fsp3) is 0.917. The summed E-state index contributed by atoms with van der Waals surface area (Å²) in [6.07, 6.45) is 5.13. The van der Waals surface area contributed by atoms with Gasteiger partial charge in [0.15, 0.2) is 0 Å². The molecular formula is C12H24N2O. The summed E-state index contributed by atoms with van der Waals surface area (Å²) < 4.78 is 0. The molecule has 1 aliphatic rings. The molecule has 1 rings (SSSR count). The van der Waals surface area contributed by atoms with E-state index in [0.29, 0.717) is 12.5 Å². The van der Waals surface area contributed by atoms with Crippen LogP contribution in [0.1, 0.15) is 52.9 Å². The van der Waals surface area contributed by atoms with Crippen LogP contribution < -0.4 is 11.1 Å². The van der Waals surface area contributed by atoms with Crippen molar-refractivity contribution in [2.75, 3.05) is 0 Å². The molecule has 1 aliphatic carbocycles. The first kappa shape index (κ1) is 12.5. The Bertz CT molecular complexity index is 212. The SMILES string of the molecule is CC1CCC(NC(=O)CC(C)(C)N)CC1. The maximum atomic E-state index is 11.6. The zero-order valence-electron chi connectivity index (χ0n) is 10.2. The number of carbonyl (C=O) groups excluding carboxylic acids is 1. The second-order valence-electron chi connectivity index (χ2n) is 5.69. The predicted molar refractivity (Wildman–Crippen MR) is 62.4 cm³/mol. The van der Waals surface area contributed by atoms with Crippen LogP contribution in [-0.2, 0) is 4.79 Å². The molecule has 0 radical (unpaired) electrons. The molecule has 15 heavy (non-hydrogen) atoms. The third kappa shape index (κ3) is 5.17. The number of hydrogen-bond donors (Lipinski definition) is 2. The van der Waals surface area contributed by atoms with Crippen molar-refractivity contribution in [2.24, 2.45) is 11.7 Å². The van der Waals surface area contributed by atoms with Crippen molar-refractivity contribution in [3.05, 3.63) is 0 Å². The maximum Gasteiger partial charge on any atom is 0.222 e. The Morgan fingerprint density at radius 3 is 2.33 bits per heavy atom. The molecule has 1 saturated carbocycles. The molecule has 3 heteroatoms. The summed E-state index contributed by atoms with van der Waals surface area (Å²) in [6, 6.07) is 0.385. The minimum atomic E-state index is -0.397. The van der Waals surface area contributed by atoms with Crippen LogP contribution in [0.5, 0.6) is 0 Å². The van der Waals surface area contributed by atoms with Gasteiger partial charge in [-0.2, -0.15) is 0 Å². The molecule has 0 aromatic carbocycles. The Kier molecular flexibility index (Phi) is 4.14. The highest BCUT2D eigenvalue weighted by atomic mass is 16.1. The first-order chi connectivity index (χ1) is 6.87. The molecule has 0 spiro atoms. The Morgan fingerprint density at radius 2 is 1.87 bits per heavy atom. The quantitative estimate of drug-likeness (QED) is 0.749. The summed E-state index contributed by atoms with van der Waals surface area (Å²) in [6.45, 7) is 6.05. The summed E-state index contributed by atoms with van der Waals surface area (Å²) in [4.78, 5) is 11.6. The zero-order valence-corrected chi connectivity index (χ0v) is 10.2. The van der Waals surface area contributed by atoms with Gasteiger partial charge in [0, 0.05) is 18.0 Å². The molecule has 0 heterocycles. The molecule has 0 aromatic heterocycles. The van der Waals surface area contributed by atoms with Crippen LogP contribution in [0, 0.1) is 5.92 Å². The van der Waals surface area contributed by atoms with Gasteiger partial charge in [0.1, 0.15) is 0 Å². The number of amides is 1. The van der Waals surface area contributed by atoms with Gasteiger partial charge in [-0.15, -0.1) is 0 Å². The third-order valence-corrected chi connectivity index (χ3v) is 3.00. The van der Waals surface area contributed by atoms with Crippen LogP contribution in [0.2, 0.25) is 0 Å². The second kappa shape index (κ2) is 4.97. The maximum absolute atomic E-state index is 11.6. The summed E-state index contributed by atoms with van der Waals surface area (Å²) in [7, 11) is 0. The Morgan fingerprint density at radius 1 is 1.33 bits per heavy atom. The lowest BCUT2D eigenvalue weighted by molar-refractivity contribution is -0.123. The van der Waals surface area contributed by atoms with E-state index in [4.69, 9.17) is 5.73 Å². The average Bonchev–Trinajstić information content (AvgIpc) is 2.05. The first-order valence-electron chi connectivity index (χ1n) is 5.95. The van der Waals surface area contributed by atoms with Crippen LogP contribution >= 0.6 is 0 Å². The Hall–Kier alpha value is -0.570. The van der Waals surface area contributed by atoms with Gasteiger partial charge in [-0.1, -0.05) is 6.92 Å². The molecule has 0 saturated heterocycles. The van der Waals surface area contributed by atoms with Gasteiger partial charge >= 0.3 is 0 Å². The lowest BCUT2D eigenvalue weighted by Crippen LogP contribution is -2.43. The fourth-order valence-corrected chi connectivity index (χ4v) is 2.10. The predicted octanol–water partition coefficient (Wildman–Crippen LogP) is 1.81. The van der Waals surface area contributed by atoms with E-state index in [1.807, 2.05) is 13.8 Å². The molecule has 88 valence electrons. The van der Waals surface area contributed by atoms with Crippen LogP contribution in [0.4, 0.5) is 0 Å². The van der Waals surface area contributed by atoms with E-state index in [0.717, 1.165) is 18.8 Å². The van der Waals surface area contributed by atoms with Crippen LogP contribution in [0.25, 0.3) is 0 Å². The lowest BCUT2D eigenvalue weighted by atomic mass is 9.87. The van der Waals surface area contributed by atoms with E-state index in [1.165, 1.54) is 12.8 Å². The molecule has 0 unspecified atom stereocenters.